The van der Waals surface area contributed by atoms with Crippen molar-refractivity contribution in [1.82, 2.24) is 9.78 Å². The van der Waals surface area contributed by atoms with Crippen molar-refractivity contribution in [3.8, 4) is 0 Å². The van der Waals surface area contributed by atoms with Gasteiger partial charge in [-0.2, -0.15) is 5.10 Å². The van der Waals surface area contributed by atoms with Crippen LogP contribution in [0.5, 0.6) is 0 Å². The first-order valence-electron chi connectivity index (χ1n) is 8.61. The summed E-state index contributed by atoms with van der Waals surface area (Å²) in [4.78, 5) is 37.0. The number of nitrogens with zero attached hydrogens (tertiary/aromatic N) is 2. The van der Waals surface area contributed by atoms with Gasteiger partial charge in [0.15, 0.2) is 12.3 Å². The van der Waals surface area contributed by atoms with Gasteiger partial charge in [0, 0.05) is 11.1 Å². The van der Waals surface area contributed by atoms with Gasteiger partial charge in [-0.05, 0) is 44.2 Å². The van der Waals surface area contributed by atoms with E-state index in [2.05, 4.69) is 10.4 Å². The van der Waals surface area contributed by atoms with E-state index in [0.717, 1.165) is 0 Å². The number of amides is 1. The largest absolute Gasteiger partial charge is 0.451 e. The summed E-state index contributed by atoms with van der Waals surface area (Å²) < 4.78 is 19.2. The molecule has 0 saturated carbocycles. The predicted octanol–water partition coefficient (Wildman–Crippen LogP) is 2.91. The predicted molar refractivity (Wildman–Crippen MR) is 102 cm³/mol. The van der Waals surface area contributed by atoms with Gasteiger partial charge >= 0.3 is 5.97 Å². The fraction of sp³-hybridized carbons (Fsp3) is 0.200. The topological polar surface area (TPSA) is 90.3 Å². The number of hydrogen-bond acceptors (Lipinski definition) is 5. The van der Waals surface area contributed by atoms with Gasteiger partial charge in [0.25, 0.3) is 11.5 Å². The van der Waals surface area contributed by atoms with Gasteiger partial charge in [0.05, 0.1) is 11.4 Å². The second-order valence-electron chi connectivity index (χ2n) is 6.37. The van der Waals surface area contributed by atoms with Crippen LogP contribution < -0.4 is 10.9 Å². The number of halogens is 1. The quantitative estimate of drug-likeness (QED) is 0.684. The summed E-state index contributed by atoms with van der Waals surface area (Å²) in [5.74, 6) is -1.83. The van der Waals surface area contributed by atoms with Gasteiger partial charge in [-0.3, -0.25) is 9.59 Å². The number of hydrogen-bond donors (Lipinski definition) is 1. The average Bonchev–Trinajstić information content (AvgIpc) is 2.68. The normalized spacial score (nSPS) is 10.9. The summed E-state index contributed by atoms with van der Waals surface area (Å²) in [6.07, 6.45) is 0. The lowest BCUT2D eigenvalue weighted by molar-refractivity contribution is -0.119. The van der Waals surface area contributed by atoms with E-state index in [1.165, 1.54) is 28.9 Å². The highest BCUT2D eigenvalue weighted by atomic mass is 19.1. The molecule has 1 aromatic heterocycles. The first-order chi connectivity index (χ1) is 13.4. The van der Waals surface area contributed by atoms with Crippen LogP contribution in [0.2, 0.25) is 0 Å². The molecule has 28 heavy (non-hydrogen) atoms. The number of anilines is 1. The molecule has 7 nitrogen and oxygen atoms in total. The van der Waals surface area contributed by atoms with Crippen LogP contribution in [-0.2, 0) is 9.53 Å². The first-order valence-corrected chi connectivity index (χ1v) is 8.61. The molecular formula is C20H18FN3O4. The van der Waals surface area contributed by atoms with E-state index in [1.807, 2.05) is 0 Å². The Bertz CT molecular complexity index is 1090. The minimum Gasteiger partial charge on any atom is -0.451 e. The highest BCUT2D eigenvalue weighted by Crippen LogP contribution is 2.16. The van der Waals surface area contributed by atoms with E-state index >= 15 is 0 Å². The number of carbonyl (C=O) groups is 2. The number of nitrogens with one attached hydrogen (secondary N) is 1. The number of fused-ring (bicyclic) bond motifs is 1. The molecule has 3 aromatic rings. The van der Waals surface area contributed by atoms with Crippen LogP contribution in [0.25, 0.3) is 10.8 Å². The standard InChI is InChI=1S/C20H18FN3O4/c1-12(2)24-19(26)16-6-4-3-5-15(16)18(23-24)20(27)28-11-17(25)22-14-9-7-13(21)8-10-14/h3-10,12H,11H2,1-2H3,(H,22,25). The maximum Gasteiger partial charge on any atom is 0.359 e. The molecule has 0 aliphatic carbocycles. The minimum absolute atomic E-state index is 0.0431. The Hall–Kier alpha value is -3.55. The Morgan fingerprint density at radius 3 is 2.39 bits per heavy atom. The summed E-state index contributed by atoms with van der Waals surface area (Å²) in [5, 5.41) is 7.32. The van der Waals surface area contributed by atoms with Gasteiger partial charge in [-0.25, -0.2) is 13.9 Å². The van der Waals surface area contributed by atoms with Crippen molar-refractivity contribution in [2.45, 2.75) is 19.9 Å². The second kappa shape index (κ2) is 7.99. The van der Waals surface area contributed by atoms with E-state index < -0.39 is 24.3 Å². The Morgan fingerprint density at radius 2 is 1.75 bits per heavy atom. The molecule has 0 aliphatic rings. The van der Waals surface area contributed by atoms with Gasteiger partial charge in [-0.1, -0.05) is 18.2 Å². The van der Waals surface area contributed by atoms with Crippen molar-refractivity contribution < 1.29 is 18.7 Å². The Balaban J connectivity index is 1.79. The van der Waals surface area contributed by atoms with E-state index in [9.17, 15) is 18.8 Å². The van der Waals surface area contributed by atoms with Gasteiger partial charge in [0.2, 0.25) is 0 Å². The van der Waals surface area contributed by atoms with Gasteiger partial charge < -0.3 is 10.1 Å². The summed E-state index contributed by atoms with van der Waals surface area (Å²) >= 11 is 0. The third-order valence-electron chi connectivity index (χ3n) is 3.97. The average molecular weight is 383 g/mol. The molecule has 1 heterocycles. The molecule has 0 spiro atoms. The number of carbonyl (C=O) groups excluding carboxylic acids is 2. The molecule has 8 heteroatoms. The first kappa shape index (κ1) is 19.2. The van der Waals surface area contributed by atoms with Gasteiger partial charge in [-0.15, -0.1) is 0 Å². The third kappa shape index (κ3) is 4.06. The second-order valence-corrected chi connectivity index (χ2v) is 6.37. The molecular weight excluding hydrogens is 365 g/mol. The molecule has 1 N–H and O–H groups in total. The summed E-state index contributed by atoms with van der Waals surface area (Å²) in [6.45, 7) is 3.00. The Kier molecular flexibility index (Phi) is 5.49. The molecule has 2 aromatic carbocycles. The lowest BCUT2D eigenvalue weighted by Gasteiger charge is -2.13. The van der Waals surface area contributed by atoms with E-state index in [1.54, 1.807) is 38.1 Å². The van der Waals surface area contributed by atoms with Crippen molar-refractivity contribution in [2.75, 3.05) is 11.9 Å². The summed E-state index contributed by atoms with van der Waals surface area (Å²) in [7, 11) is 0. The molecule has 0 aliphatic heterocycles. The van der Waals surface area contributed by atoms with Crippen LogP contribution in [0.1, 0.15) is 30.4 Å². The highest BCUT2D eigenvalue weighted by molar-refractivity contribution is 6.03. The van der Waals surface area contributed by atoms with Crippen LogP contribution >= 0.6 is 0 Å². The monoisotopic (exact) mass is 383 g/mol. The van der Waals surface area contributed by atoms with E-state index in [-0.39, 0.29) is 17.3 Å². The maximum atomic E-state index is 12.9. The Morgan fingerprint density at radius 1 is 1.11 bits per heavy atom. The molecule has 1 amide bonds. The Labute approximate surface area is 159 Å². The van der Waals surface area contributed by atoms with Crippen LogP contribution in [0.4, 0.5) is 10.1 Å². The lowest BCUT2D eigenvalue weighted by Crippen LogP contribution is -2.28. The molecule has 0 radical (unpaired) electrons. The minimum atomic E-state index is -0.820. The van der Waals surface area contributed by atoms with Crippen LogP contribution in [0, 0.1) is 5.82 Å². The zero-order chi connectivity index (χ0) is 20.3. The molecule has 3 rings (SSSR count). The summed E-state index contributed by atoms with van der Waals surface area (Å²) in [5.41, 5.74) is 0.0223. The number of ether oxygens (including phenoxy) is 1. The maximum absolute atomic E-state index is 12.9. The zero-order valence-electron chi connectivity index (χ0n) is 15.3. The molecule has 0 bridgehead atoms. The zero-order valence-corrected chi connectivity index (χ0v) is 15.3. The summed E-state index contributed by atoms with van der Waals surface area (Å²) in [6, 6.07) is 11.5. The van der Waals surface area contributed by atoms with Crippen LogP contribution in [0.15, 0.2) is 53.3 Å². The third-order valence-corrected chi connectivity index (χ3v) is 3.97. The van der Waals surface area contributed by atoms with Gasteiger partial charge in [0.1, 0.15) is 5.82 Å². The molecule has 0 unspecified atom stereocenters. The molecule has 0 saturated heterocycles. The fourth-order valence-electron chi connectivity index (χ4n) is 2.64. The van der Waals surface area contributed by atoms with Crippen LogP contribution in [0.3, 0.4) is 0 Å². The van der Waals surface area contributed by atoms with Crippen molar-refractivity contribution in [1.29, 1.82) is 0 Å². The van der Waals surface area contributed by atoms with Crippen molar-refractivity contribution in [3.05, 3.63) is 70.4 Å². The molecule has 0 atom stereocenters. The van der Waals surface area contributed by atoms with Crippen molar-refractivity contribution in [2.24, 2.45) is 0 Å². The van der Waals surface area contributed by atoms with Crippen molar-refractivity contribution >= 4 is 28.3 Å². The van der Waals surface area contributed by atoms with Crippen molar-refractivity contribution in [3.63, 3.8) is 0 Å². The van der Waals surface area contributed by atoms with E-state index in [4.69, 9.17) is 4.74 Å². The molecule has 144 valence electrons. The molecule has 0 fully saturated rings. The van der Waals surface area contributed by atoms with Crippen LogP contribution in [-0.4, -0.2) is 28.3 Å². The SMILES string of the molecule is CC(C)n1nc(C(=O)OCC(=O)Nc2ccc(F)cc2)c2ccccc2c1=O. The smallest absolute Gasteiger partial charge is 0.359 e. The number of esters is 1. The van der Waals surface area contributed by atoms with E-state index in [0.29, 0.717) is 16.5 Å². The highest BCUT2D eigenvalue weighted by Gasteiger charge is 2.20. The fourth-order valence-corrected chi connectivity index (χ4v) is 2.64. The number of rotatable bonds is 5. The number of benzene rings is 2. The lowest BCUT2D eigenvalue weighted by atomic mass is 10.1. The number of aromatic nitrogens is 2.